The molecule has 0 saturated carbocycles. The quantitative estimate of drug-likeness (QED) is 0.156. The summed E-state index contributed by atoms with van der Waals surface area (Å²) < 4.78 is 0. The van der Waals surface area contributed by atoms with Gasteiger partial charge in [0.25, 0.3) is 0 Å². The molecule has 2 unspecified atom stereocenters. The molecule has 8 aromatic carbocycles. The highest BCUT2D eigenvalue weighted by Crippen LogP contribution is 2.57. The van der Waals surface area contributed by atoms with E-state index in [4.69, 9.17) is 0 Å². The van der Waals surface area contributed by atoms with E-state index in [2.05, 4.69) is 165 Å². The lowest BCUT2D eigenvalue weighted by Crippen LogP contribution is -2.23. The molecule has 0 spiro atoms. The maximum absolute atomic E-state index is 2.52. The minimum Gasteiger partial charge on any atom is -0.0833 e. The molecule has 3 aliphatic rings. The second kappa shape index (κ2) is 12.6. The highest BCUT2D eigenvalue weighted by atomic mass is 31.1. The summed E-state index contributed by atoms with van der Waals surface area (Å²) >= 11 is 0. The highest BCUT2D eigenvalue weighted by molar-refractivity contribution is 7.70. The van der Waals surface area contributed by atoms with Crippen molar-refractivity contribution in [2.24, 2.45) is 0 Å². The molecule has 11 rings (SSSR count). The minimum atomic E-state index is -0.503. The second-order valence-electron chi connectivity index (χ2n) is 15.3. The van der Waals surface area contributed by atoms with E-state index in [1.165, 1.54) is 76.8 Å². The summed E-state index contributed by atoms with van der Waals surface area (Å²) in [5.74, 6) is 0.509. The monoisotopic (exact) mass is 714 g/mol. The Bertz CT molecular complexity index is 2720. The fraction of sp³-hybridized carbons (Fsp3) is 0.137. The average Bonchev–Trinajstić information content (AvgIpc) is 3.49. The van der Waals surface area contributed by atoms with Crippen LogP contribution in [-0.2, 0) is 24.6 Å². The van der Waals surface area contributed by atoms with Crippen molar-refractivity contribution in [2.75, 3.05) is 0 Å². The normalized spacial score (nSPS) is 17.8. The first-order valence-electron chi connectivity index (χ1n) is 19.1. The van der Waals surface area contributed by atoms with Crippen LogP contribution in [0.25, 0.3) is 60.6 Å². The van der Waals surface area contributed by atoms with Crippen molar-refractivity contribution < 1.29 is 0 Å². The molecule has 0 saturated heterocycles. The number of allylic oxidation sites excluding steroid dienone is 1. The van der Waals surface area contributed by atoms with Crippen LogP contribution in [-0.4, -0.2) is 0 Å². The molecule has 0 aromatic heterocycles. The van der Waals surface area contributed by atoms with Gasteiger partial charge >= 0.3 is 0 Å². The fourth-order valence-electron chi connectivity index (χ4n) is 9.81. The van der Waals surface area contributed by atoms with E-state index in [1.54, 1.807) is 21.7 Å². The molecule has 2 heterocycles. The number of hydrogen-bond donors (Lipinski definition) is 0. The lowest BCUT2D eigenvalue weighted by atomic mass is 9.79. The Morgan fingerprint density at radius 2 is 0.811 bits per heavy atom. The molecule has 53 heavy (non-hydrogen) atoms. The molecule has 2 atom stereocenters. The largest absolute Gasteiger partial charge is 0.0833 e. The van der Waals surface area contributed by atoms with Gasteiger partial charge in [-0.1, -0.05) is 181 Å². The van der Waals surface area contributed by atoms with Gasteiger partial charge in [-0.3, -0.25) is 0 Å². The Kier molecular flexibility index (Phi) is 7.54. The highest BCUT2D eigenvalue weighted by Gasteiger charge is 2.32. The van der Waals surface area contributed by atoms with Crippen LogP contribution in [0.2, 0.25) is 0 Å². The van der Waals surface area contributed by atoms with E-state index in [0.29, 0.717) is 5.92 Å². The zero-order chi connectivity index (χ0) is 35.0. The summed E-state index contributed by atoms with van der Waals surface area (Å²) in [5.41, 5.74) is 15.0. The maximum atomic E-state index is 2.52. The Morgan fingerprint density at radius 1 is 0.415 bits per heavy atom. The van der Waals surface area contributed by atoms with E-state index in [0.717, 1.165) is 31.1 Å². The van der Waals surface area contributed by atoms with Crippen LogP contribution < -0.4 is 10.6 Å². The van der Waals surface area contributed by atoms with Crippen LogP contribution in [0.15, 0.2) is 152 Å². The maximum Gasteiger partial charge on any atom is -0.00232 e. The molecule has 0 bridgehead atoms. The van der Waals surface area contributed by atoms with Crippen molar-refractivity contribution in [2.45, 2.75) is 43.9 Å². The van der Waals surface area contributed by atoms with Crippen molar-refractivity contribution >= 4 is 64.8 Å². The predicted molar refractivity (Wildman–Crippen MR) is 233 cm³/mol. The van der Waals surface area contributed by atoms with Gasteiger partial charge in [0, 0.05) is 0 Å². The molecule has 254 valence electrons. The van der Waals surface area contributed by atoms with Crippen LogP contribution in [0, 0.1) is 0 Å². The number of benzene rings is 8. The van der Waals surface area contributed by atoms with Crippen LogP contribution in [0.4, 0.5) is 0 Å². The number of hydrogen-bond acceptors (Lipinski definition) is 0. The molecule has 0 N–H and O–H groups in total. The summed E-state index contributed by atoms with van der Waals surface area (Å²) in [5, 5.41) is 11.4. The second-order valence-corrected chi connectivity index (χ2v) is 19.7. The van der Waals surface area contributed by atoms with Gasteiger partial charge in [0.2, 0.25) is 0 Å². The lowest BCUT2D eigenvalue weighted by molar-refractivity contribution is 0.772. The Hall–Kier alpha value is -4.86. The molecular formula is C51H40P2. The van der Waals surface area contributed by atoms with Crippen molar-refractivity contribution in [1.82, 2.24) is 0 Å². The lowest BCUT2D eigenvalue weighted by Gasteiger charge is -2.26. The summed E-state index contributed by atoms with van der Waals surface area (Å²) in [7, 11) is -1.000. The van der Waals surface area contributed by atoms with E-state index in [1.807, 2.05) is 0 Å². The van der Waals surface area contributed by atoms with Crippen LogP contribution in [0.5, 0.6) is 0 Å². The third-order valence-electron chi connectivity index (χ3n) is 12.2. The Labute approximate surface area is 314 Å². The summed E-state index contributed by atoms with van der Waals surface area (Å²) in [6.45, 7) is 2.44. The van der Waals surface area contributed by atoms with Crippen molar-refractivity contribution in [3.8, 4) is 22.3 Å². The molecule has 8 aromatic rings. The first kappa shape index (κ1) is 31.6. The van der Waals surface area contributed by atoms with Crippen molar-refractivity contribution in [3.05, 3.63) is 185 Å². The van der Waals surface area contributed by atoms with E-state index in [-0.39, 0.29) is 0 Å². The zero-order valence-corrected chi connectivity index (χ0v) is 31.8. The van der Waals surface area contributed by atoms with E-state index in [9.17, 15) is 0 Å². The third kappa shape index (κ3) is 5.11. The van der Waals surface area contributed by atoms with Gasteiger partial charge in [-0.2, -0.15) is 0 Å². The molecular weight excluding hydrogens is 675 g/mol. The topological polar surface area (TPSA) is 0 Å². The number of fused-ring (bicyclic) bond motifs is 14. The van der Waals surface area contributed by atoms with Gasteiger partial charge < -0.3 is 0 Å². The summed E-state index contributed by atoms with van der Waals surface area (Å²) in [4.78, 5) is 0. The van der Waals surface area contributed by atoms with Crippen LogP contribution >= 0.6 is 15.8 Å². The first-order chi connectivity index (χ1) is 26.2. The fourth-order valence-corrected chi connectivity index (χ4v) is 15.6. The SMILES string of the molecule is CC1CC=Cc2ccc3c(c21)-c1c(ccc2ccccc12)CP(c1ccccc1P1Cc2ccc4ccccc4c2-c2c(ccc4ccccc24)C1)C3. The van der Waals surface area contributed by atoms with Gasteiger partial charge in [-0.05, 0) is 136 Å². The van der Waals surface area contributed by atoms with Gasteiger partial charge in [0.05, 0.1) is 0 Å². The van der Waals surface area contributed by atoms with E-state index < -0.39 is 15.8 Å². The number of rotatable bonds is 2. The average molecular weight is 715 g/mol. The molecule has 0 amide bonds. The van der Waals surface area contributed by atoms with Crippen LogP contribution in [0.3, 0.4) is 0 Å². The molecule has 2 heteroatoms. The first-order valence-corrected chi connectivity index (χ1v) is 22.6. The molecule has 1 aliphatic carbocycles. The summed E-state index contributed by atoms with van der Waals surface area (Å²) in [6, 6.07) is 56.3. The van der Waals surface area contributed by atoms with Gasteiger partial charge in [0.15, 0.2) is 0 Å². The molecule has 0 fully saturated rings. The minimum absolute atomic E-state index is 0.497. The Morgan fingerprint density at radius 3 is 1.30 bits per heavy atom. The van der Waals surface area contributed by atoms with Crippen LogP contribution in [0.1, 0.15) is 52.6 Å². The third-order valence-corrected chi connectivity index (χ3v) is 17.4. The standard InChI is InChI=1S/C51H40P2/c1-33-11-10-15-37-24-28-41-32-53(31-40-27-23-36-14-4-7-18-44(36)50(40)51(41)47(33)37)46-20-9-8-19-45(46)52-29-38-25-21-34-12-2-5-16-42(34)48(38)49-39(30-52)26-22-35-13-3-6-17-43(35)49/h2-10,12-28,33H,11,29-32H2,1H3. The van der Waals surface area contributed by atoms with E-state index >= 15 is 0 Å². The van der Waals surface area contributed by atoms with Gasteiger partial charge in [0.1, 0.15) is 0 Å². The van der Waals surface area contributed by atoms with Gasteiger partial charge in [-0.15, -0.1) is 0 Å². The molecule has 0 radical (unpaired) electrons. The molecule has 0 nitrogen and oxygen atoms in total. The van der Waals surface area contributed by atoms with Crippen molar-refractivity contribution in [1.29, 1.82) is 0 Å². The predicted octanol–water partition coefficient (Wildman–Crippen LogP) is 13.6. The summed E-state index contributed by atoms with van der Waals surface area (Å²) in [6.07, 6.45) is 10.3. The Balaban J connectivity index is 1.10. The van der Waals surface area contributed by atoms with Crippen molar-refractivity contribution in [3.63, 3.8) is 0 Å². The molecule has 2 aliphatic heterocycles. The smallest absolute Gasteiger partial charge is 0.00232 e. The van der Waals surface area contributed by atoms with Gasteiger partial charge in [-0.25, -0.2) is 0 Å². The zero-order valence-electron chi connectivity index (χ0n) is 30.0.